The van der Waals surface area contributed by atoms with Crippen LogP contribution in [-0.2, 0) is 21.3 Å². The lowest BCUT2D eigenvalue weighted by Crippen LogP contribution is -2.38. The molecule has 2 heterocycles. The molecule has 0 bridgehead atoms. The van der Waals surface area contributed by atoms with Crippen LogP contribution in [0, 0.1) is 6.92 Å². The molecule has 1 aliphatic heterocycles. The van der Waals surface area contributed by atoms with Crippen molar-refractivity contribution in [1.29, 1.82) is 0 Å². The maximum Gasteiger partial charge on any atom is 0.410 e. The minimum atomic E-state index is -3.76. The molecule has 0 N–H and O–H groups in total. The van der Waals surface area contributed by atoms with Gasteiger partial charge in [0.2, 0.25) is 0 Å². The lowest BCUT2D eigenvalue weighted by atomic mass is 10.1. The van der Waals surface area contributed by atoms with E-state index in [1.54, 1.807) is 35.4 Å². The van der Waals surface area contributed by atoms with Gasteiger partial charge in [-0.1, -0.05) is 42.0 Å². The minimum Gasteiger partial charge on any atom is -0.444 e. The van der Waals surface area contributed by atoms with Gasteiger partial charge in [0.05, 0.1) is 22.6 Å². The molecule has 0 spiro atoms. The standard InChI is InChI=1S/C29H31N3O4S/c1-21-12-14-23(15-13-21)37(34,35)32-17-16-24-26(10-7-11-27(24)32)31-19-18-30(28(33)36-29(2,3)4)20-22-8-5-6-9-25(22)31/h5-17H,18-20H2,1-4H3. The fourth-order valence-corrected chi connectivity index (χ4v) is 6.01. The van der Waals surface area contributed by atoms with Gasteiger partial charge in [0.25, 0.3) is 10.0 Å². The zero-order valence-electron chi connectivity index (χ0n) is 21.5. The summed E-state index contributed by atoms with van der Waals surface area (Å²) in [5.74, 6) is 0. The third-order valence-corrected chi connectivity index (χ3v) is 8.14. The quantitative estimate of drug-likeness (QED) is 0.330. The van der Waals surface area contributed by atoms with Gasteiger partial charge in [-0.15, -0.1) is 0 Å². The molecular weight excluding hydrogens is 486 g/mol. The van der Waals surface area contributed by atoms with E-state index in [9.17, 15) is 13.2 Å². The third-order valence-electron chi connectivity index (χ3n) is 6.43. The van der Waals surface area contributed by atoms with Crippen molar-refractivity contribution in [3.05, 3.63) is 90.1 Å². The Hall–Kier alpha value is -3.78. The van der Waals surface area contributed by atoms with Gasteiger partial charge in [-0.3, -0.25) is 0 Å². The van der Waals surface area contributed by atoms with Crippen molar-refractivity contribution in [2.45, 2.75) is 44.7 Å². The number of carbonyl (C=O) groups excluding carboxylic acids is 1. The van der Waals surface area contributed by atoms with Crippen LogP contribution < -0.4 is 4.90 Å². The molecule has 0 radical (unpaired) electrons. The van der Waals surface area contributed by atoms with E-state index in [2.05, 4.69) is 4.90 Å². The fraction of sp³-hybridized carbons (Fsp3) is 0.276. The Labute approximate surface area is 217 Å². The molecule has 1 aliphatic rings. The largest absolute Gasteiger partial charge is 0.444 e. The van der Waals surface area contributed by atoms with Gasteiger partial charge in [0.1, 0.15) is 5.60 Å². The van der Waals surface area contributed by atoms with Gasteiger partial charge in [0.15, 0.2) is 0 Å². The summed E-state index contributed by atoms with van der Waals surface area (Å²) in [6.45, 7) is 8.93. The number of ether oxygens (including phenoxy) is 1. The van der Waals surface area contributed by atoms with E-state index >= 15 is 0 Å². The summed E-state index contributed by atoms with van der Waals surface area (Å²) in [7, 11) is -3.76. The molecule has 0 fully saturated rings. The lowest BCUT2D eigenvalue weighted by molar-refractivity contribution is 0.0244. The number of aryl methyl sites for hydroxylation is 1. The number of para-hydroxylation sites is 1. The summed E-state index contributed by atoms with van der Waals surface area (Å²) in [5.41, 5.74) is 3.88. The molecule has 8 heteroatoms. The highest BCUT2D eigenvalue weighted by Gasteiger charge is 2.28. The number of benzene rings is 3. The summed E-state index contributed by atoms with van der Waals surface area (Å²) >= 11 is 0. The van der Waals surface area contributed by atoms with Gasteiger partial charge in [-0.25, -0.2) is 17.2 Å². The van der Waals surface area contributed by atoms with Gasteiger partial charge in [-0.2, -0.15) is 0 Å². The molecule has 1 aromatic heterocycles. The van der Waals surface area contributed by atoms with Crippen molar-refractivity contribution in [3.63, 3.8) is 0 Å². The maximum atomic E-state index is 13.5. The van der Waals surface area contributed by atoms with Crippen LogP contribution in [-0.4, -0.2) is 42.1 Å². The first kappa shape index (κ1) is 24.9. The summed E-state index contributed by atoms with van der Waals surface area (Å²) in [6, 6.07) is 22.4. The Morgan fingerprint density at radius 1 is 0.865 bits per heavy atom. The van der Waals surface area contributed by atoms with Crippen LogP contribution in [0.1, 0.15) is 31.9 Å². The number of hydrogen-bond acceptors (Lipinski definition) is 5. The summed E-state index contributed by atoms with van der Waals surface area (Å²) in [6.07, 6.45) is 1.26. The maximum absolute atomic E-state index is 13.5. The summed E-state index contributed by atoms with van der Waals surface area (Å²) < 4.78 is 34.0. The first-order valence-corrected chi connectivity index (χ1v) is 13.7. The van der Waals surface area contributed by atoms with Crippen LogP contribution in [0.5, 0.6) is 0 Å². The van der Waals surface area contributed by atoms with Crippen LogP contribution in [0.15, 0.2) is 83.9 Å². The number of amides is 1. The molecule has 0 saturated carbocycles. The van der Waals surface area contributed by atoms with Crippen LogP contribution in [0.25, 0.3) is 10.9 Å². The second kappa shape index (κ2) is 9.27. The van der Waals surface area contributed by atoms with Gasteiger partial charge >= 0.3 is 6.09 Å². The van der Waals surface area contributed by atoms with Gasteiger partial charge < -0.3 is 14.5 Å². The average Bonchev–Trinajstić information content (AvgIpc) is 3.19. The van der Waals surface area contributed by atoms with E-state index in [1.165, 1.54) is 3.97 Å². The monoisotopic (exact) mass is 517 g/mol. The zero-order chi connectivity index (χ0) is 26.4. The Kier molecular flexibility index (Phi) is 6.23. The second-order valence-corrected chi connectivity index (χ2v) is 12.1. The average molecular weight is 518 g/mol. The Morgan fingerprint density at radius 2 is 1.57 bits per heavy atom. The molecular formula is C29H31N3O4S. The Bertz CT molecular complexity index is 1570. The van der Waals surface area contributed by atoms with E-state index in [4.69, 9.17) is 4.74 Å². The predicted octanol–water partition coefficient (Wildman–Crippen LogP) is 6.08. The first-order chi connectivity index (χ1) is 17.5. The third kappa shape index (κ3) is 4.81. The summed E-state index contributed by atoms with van der Waals surface area (Å²) in [4.78, 5) is 17.0. The fourth-order valence-electron chi connectivity index (χ4n) is 4.66. The van der Waals surface area contributed by atoms with Gasteiger partial charge in [0, 0.05) is 30.4 Å². The van der Waals surface area contributed by atoms with Crippen LogP contribution in [0.4, 0.5) is 16.2 Å². The van der Waals surface area contributed by atoms with Crippen molar-refractivity contribution in [2.75, 3.05) is 18.0 Å². The molecule has 7 nitrogen and oxygen atoms in total. The number of carbonyl (C=O) groups is 1. The molecule has 0 aliphatic carbocycles. The number of rotatable bonds is 3. The SMILES string of the molecule is Cc1ccc(S(=O)(=O)n2ccc3c(N4CCN(C(=O)OC(C)(C)C)Cc5ccccc54)cccc32)cc1. The van der Waals surface area contributed by atoms with E-state index in [0.29, 0.717) is 25.2 Å². The Morgan fingerprint density at radius 3 is 2.30 bits per heavy atom. The molecule has 3 aromatic carbocycles. The highest BCUT2D eigenvalue weighted by atomic mass is 32.2. The van der Waals surface area contributed by atoms with E-state index in [0.717, 1.165) is 27.9 Å². The molecule has 0 saturated heterocycles. The molecule has 37 heavy (non-hydrogen) atoms. The van der Waals surface area contributed by atoms with Crippen LogP contribution in [0.2, 0.25) is 0 Å². The van der Waals surface area contributed by atoms with E-state index in [1.807, 2.05) is 76.2 Å². The van der Waals surface area contributed by atoms with Crippen molar-refractivity contribution >= 4 is 38.4 Å². The van der Waals surface area contributed by atoms with Crippen molar-refractivity contribution < 1.29 is 17.9 Å². The number of nitrogens with zero attached hydrogens (tertiary/aromatic N) is 3. The number of aromatic nitrogens is 1. The van der Waals surface area contributed by atoms with Gasteiger partial charge in [-0.05, 0) is 69.7 Å². The molecule has 0 atom stereocenters. The number of fused-ring (bicyclic) bond motifs is 2. The highest BCUT2D eigenvalue weighted by Crippen LogP contribution is 2.37. The zero-order valence-corrected chi connectivity index (χ0v) is 22.3. The molecule has 192 valence electrons. The Balaban J connectivity index is 1.56. The number of hydrogen-bond donors (Lipinski definition) is 0. The molecule has 0 unspecified atom stereocenters. The van der Waals surface area contributed by atoms with Crippen molar-refractivity contribution in [2.24, 2.45) is 0 Å². The van der Waals surface area contributed by atoms with Crippen molar-refractivity contribution in [3.8, 4) is 0 Å². The van der Waals surface area contributed by atoms with E-state index < -0.39 is 15.6 Å². The van der Waals surface area contributed by atoms with Crippen LogP contribution >= 0.6 is 0 Å². The van der Waals surface area contributed by atoms with Crippen LogP contribution in [0.3, 0.4) is 0 Å². The normalized spacial score (nSPS) is 14.4. The van der Waals surface area contributed by atoms with E-state index in [-0.39, 0.29) is 11.0 Å². The lowest BCUT2D eigenvalue weighted by Gasteiger charge is -2.27. The van der Waals surface area contributed by atoms with Crippen molar-refractivity contribution in [1.82, 2.24) is 8.87 Å². The smallest absolute Gasteiger partial charge is 0.410 e. The molecule has 5 rings (SSSR count). The summed E-state index contributed by atoms with van der Waals surface area (Å²) in [5, 5.41) is 0.818. The molecule has 1 amide bonds. The highest BCUT2D eigenvalue weighted by molar-refractivity contribution is 7.90. The topological polar surface area (TPSA) is 71.9 Å². The number of anilines is 2. The minimum absolute atomic E-state index is 0.245. The first-order valence-electron chi connectivity index (χ1n) is 12.3. The predicted molar refractivity (Wildman–Crippen MR) is 146 cm³/mol. The molecule has 4 aromatic rings. The second-order valence-electron chi connectivity index (χ2n) is 10.3.